The Kier molecular flexibility index (Phi) is 5.96. The zero-order valence-electron chi connectivity index (χ0n) is 15.3. The van der Waals surface area contributed by atoms with Gasteiger partial charge in [-0.2, -0.15) is 9.41 Å². The summed E-state index contributed by atoms with van der Waals surface area (Å²) in [5.74, 6) is -0.0417. The quantitative estimate of drug-likeness (QED) is 0.566. The van der Waals surface area contributed by atoms with Crippen LogP contribution in [0.3, 0.4) is 0 Å². The van der Waals surface area contributed by atoms with E-state index in [-0.39, 0.29) is 16.2 Å². The highest BCUT2D eigenvalue weighted by Crippen LogP contribution is 2.22. The molecular weight excluding hydrogens is 382 g/mol. The number of methoxy groups -OCH3 is 1. The predicted molar refractivity (Wildman–Crippen MR) is 104 cm³/mol. The van der Waals surface area contributed by atoms with Crippen LogP contribution in [0.25, 0.3) is 0 Å². The molecule has 0 radical (unpaired) electrons. The van der Waals surface area contributed by atoms with Crippen molar-refractivity contribution < 1.29 is 23.1 Å². The topological polar surface area (TPSA) is 108 Å². The number of sulfonamides is 1. The molecule has 1 amide bonds. The van der Waals surface area contributed by atoms with Gasteiger partial charge in [-0.05, 0) is 49.2 Å². The fourth-order valence-electron chi connectivity index (χ4n) is 2.86. The molecule has 9 heteroatoms. The second-order valence-corrected chi connectivity index (χ2v) is 8.20. The molecule has 2 N–H and O–H groups in total. The number of phenolic OH excluding ortho intramolecular Hbond substituents is 1. The Labute approximate surface area is 163 Å². The lowest BCUT2D eigenvalue weighted by atomic mass is 10.2. The first-order valence-electron chi connectivity index (χ1n) is 8.72. The fraction of sp³-hybridized carbons (Fsp3) is 0.263. The smallest absolute Gasteiger partial charge is 0.271 e. The summed E-state index contributed by atoms with van der Waals surface area (Å²) in [6.07, 6.45) is 2.96. The Bertz CT molecular complexity index is 998. The number of aromatic hydroxyl groups is 1. The number of carbonyl (C=O) groups excluding carboxylic acids is 1. The minimum Gasteiger partial charge on any atom is -0.507 e. The van der Waals surface area contributed by atoms with Crippen molar-refractivity contribution in [3.8, 4) is 11.5 Å². The minimum absolute atomic E-state index is 0.0162. The van der Waals surface area contributed by atoms with Gasteiger partial charge in [0, 0.05) is 24.2 Å². The zero-order chi connectivity index (χ0) is 20.1. The lowest BCUT2D eigenvalue weighted by Crippen LogP contribution is -2.28. The number of ether oxygens (including phenoxy) is 1. The number of nitrogens with one attached hydrogen (secondary N) is 1. The number of hydrogen-bond acceptors (Lipinski definition) is 6. The molecule has 1 heterocycles. The van der Waals surface area contributed by atoms with Crippen LogP contribution in [-0.4, -0.2) is 50.2 Å². The van der Waals surface area contributed by atoms with Crippen LogP contribution in [0.5, 0.6) is 11.5 Å². The van der Waals surface area contributed by atoms with Gasteiger partial charge in [-0.1, -0.05) is 6.07 Å². The third-order valence-corrected chi connectivity index (χ3v) is 6.30. The van der Waals surface area contributed by atoms with Crippen LogP contribution in [0, 0.1) is 0 Å². The Balaban J connectivity index is 1.73. The fourth-order valence-corrected chi connectivity index (χ4v) is 4.43. The van der Waals surface area contributed by atoms with Crippen molar-refractivity contribution in [1.29, 1.82) is 0 Å². The van der Waals surface area contributed by atoms with Gasteiger partial charge in [0.15, 0.2) is 0 Å². The molecule has 3 rings (SSSR count). The van der Waals surface area contributed by atoms with Crippen LogP contribution in [-0.2, 0) is 10.0 Å². The van der Waals surface area contributed by atoms with Crippen LogP contribution in [0.4, 0.5) is 0 Å². The van der Waals surface area contributed by atoms with Gasteiger partial charge in [-0.3, -0.25) is 4.79 Å². The van der Waals surface area contributed by atoms with Gasteiger partial charge in [-0.15, -0.1) is 0 Å². The van der Waals surface area contributed by atoms with E-state index < -0.39 is 15.9 Å². The highest BCUT2D eigenvalue weighted by molar-refractivity contribution is 7.89. The molecule has 0 bridgehead atoms. The maximum atomic E-state index is 12.6. The molecule has 0 aromatic heterocycles. The second kappa shape index (κ2) is 8.41. The molecule has 0 atom stereocenters. The average molecular weight is 403 g/mol. The molecule has 0 saturated carbocycles. The number of benzene rings is 2. The van der Waals surface area contributed by atoms with Crippen molar-refractivity contribution in [2.24, 2.45) is 5.10 Å². The molecule has 28 heavy (non-hydrogen) atoms. The molecule has 1 saturated heterocycles. The third kappa shape index (κ3) is 4.32. The van der Waals surface area contributed by atoms with Crippen molar-refractivity contribution in [1.82, 2.24) is 9.73 Å². The number of hydrazone groups is 1. The summed E-state index contributed by atoms with van der Waals surface area (Å²) in [5, 5.41) is 13.6. The summed E-state index contributed by atoms with van der Waals surface area (Å²) in [6, 6.07) is 10.5. The zero-order valence-corrected chi connectivity index (χ0v) is 16.1. The van der Waals surface area contributed by atoms with Gasteiger partial charge >= 0.3 is 0 Å². The Hall–Kier alpha value is -2.91. The van der Waals surface area contributed by atoms with Crippen LogP contribution in [0.15, 0.2) is 52.5 Å². The molecule has 2 aromatic carbocycles. The van der Waals surface area contributed by atoms with Crippen molar-refractivity contribution in [3.63, 3.8) is 0 Å². The maximum Gasteiger partial charge on any atom is 0.271 e. The highest BCUT2D eigenvalue weighted by Gasteiger charge is 2.27. The van der Waals surface area contributed by atoms with Crippen LogP contribution in [0.2, 0.25) is 0 Å². The predicted octanol–water partition coefficient (Wildman–Crippen LogP) is 1.95. The van der Waals surface area contributed by atoms with Crippen LogP contribution >= 0.6 is 0 Å². The maximum absolute atomic E-state index is 12.6. The number of hydrogen-bond donors (Lipinski definition) is 2. The molecular formula is C19H21N3O5S. The first-order valence-corrected chi connectivity index (χ1v) is 10.2. The van der Waals surface area contributed by atoms with Crippen molar-refractivity contribution >= 4 is 22.1 Å². The summed E-state index contributed by atoms with van der Waals surface area (Å²) in [6.45, 7) is 0.986. The van der Waals surface area contributed by atoms with E-state index in [4.69, 9.17) is 4.74 Å². The summed E-state index contributed by atoms with van der Waals surface area (Å²) < 4.78 is 31.8. The Morgan fingerprint density at radius 1 is 1.21 bits per heavy atom. The van der Waals surface area contributed by atoms with Gasteiger partial charge in [0.1, 0.15) is 11.5 Å². The van der Waals surface area contributed by atoms with Gasteiger partial charge in [0.25, 0.3) is 5.91 Å². The van der Waals surface area contributed by atoms with E-state index in [0.29, 0.717) is 24.4 Å². The molecule has 1 fully saturated rings. The lowest BCUT2D eigenvalue weighted by molar-refractivity contribution is 0.0955. The number of rotatable bonds is 6. The lowest BCUT2D eigenvalue weighted by Gasteiger charge is -2.15. The molecule has 8 nitrogen and oxygen atoms in total. The van der Waals surface area contributed by atoms with Gasteiger partial charge in [0.2, 0.25) is 10.0 Å². The standard InChI is InChI=1S/C19H21N3O5S/c1-27-16-7-8-18(23)15(11-16)13-20-21-19(24)14-5-4-6-17(12-14)28(25,26)22-9-2-3-10-22/h4-8,11-13,23H,2-3,9-10H2,1H3,(H,21,24). The number of carbonyl (C=O) groups is 1. The van der Waals surface area contributed by atoms with Crippen molar-refractivity contribution in [2.45, 2.75) is 17.7 Å². The van der Waals surface area contributed by atoms with Crippen molar-refractivity contribution in [2.75, 3.05) is 20.2 Å². The van der Waals surface area contributed by atoms with E-state index >= 15 is 0 Å². The molecule has 1 aliphatic rings. The summed E-state index contributed by atoms with van der Waals surface area (Å²) in [4.78, 5) is 12.4. The number of amides is 1. The molecule has 148 valence electrons. The Morgan fingerprint density at radius 2 is 1.96 bits per heavy atom. The summed E-state index contributed by atoms with van der Waals surface area (Å²) >= 11 is 0. The summed E-state index contributed by atoms with van der Waals surface area (Å²) in [7, 11) is -2.11. The number of phenols is 1. The number of nitrogens with zero attached hydrogens (tertiary/aromatic N) is 2. The molecule has 0 aliphatic carbocycles. The normalized spacial score (nSPS) is 15.0. The van der Waals surface area contributed by atoms with Gasteiger partial charge < -0.3 is 9.84 Å². The van der Waals surface area contributed by atoms with Gasteiger partial charge in [0.05, 0.1) is 18.2 Å². The largest absolute Gasteiger partial charge is 0.507 e. The van der Waals surface area contributed by atoms with E-state index in [9.17, 15) is 18.3 Å². The molecule has 0 spiro atoms. The van der Waals surface area contributed by atoms with Gasteiger partial charge in [-0.25, -0.2) is 13.8 Å². The van der Waals surface area contributed by atoms with E-state index in [1.807, 2.05) is 0 Å². The van der Waals surface area contributed by atoms with E-state index in [2.05, 4.69) is 10.5 Å². The Morgan fingerprint density at radius 3 is 2.68 bits per heavy atom. The van der Waals surface area contributed by atoms with E-state index in [1.165, 1.54) is 48.0 Å². The highest BCUT2D eigenvalue weighted by atomic mass is 32.2. The first kappa shape index (κ1) is 19.8. The average Bonchev–Trinajstić information content (AvgIpc) is 3.25. The molecule has 1 aliphatic heterocycles. The molecule has 2 aromatic rings. The van der Waals surface area contributed by atoms with Crippen LogP contribution < -0.4 is 10.2 Å². The second-order valence-electron chi connectivity index (χ2n) is 6.26. The first-order chi connectivity index (χ1) is 13.4. The van der Waals surface area contributed by atoms with E-state index in [0.717, 1.165) is 12.8 Å². The summed E-state index contributed by atoms with van der Waals surface area (Å²) in [5.41, 5.74) is 2.87. The minimum atomic E-state index is -3.60. The third-order valence-electron chi connectivity index (χ3n) is 4.40. The molecule has 0 unspecified atom stereocenters. The SMILES string of the molecule is COc1ccc(O)c(C=NNC(=O)c2cccc(S(=O)(=O)N3CCCC3)c2)c1. The van der Waals surface area contributed by atoms with Crippen molar-refractivity contribution in [3.05, 3.63) is 53.6 Å². The monoisotopic (exact) mass is 403 g/mol. The van der Waals surface area contributed by atoms with E-state index in [1.54, 1.807) is 12.1 Å². The van der Waals surface area contributed by atoms with Crippen LogP contribution in [0.1, 0.15) is 28.8 Å².